The maximum atomic E-state index is 12.3. The first-order chi connectivity index (χ1) is 11.1. The van der Waals surface area contributed by atoms with Crippen LogP contribution in [0.25, 0.3) is 0 Å². The van der Waals surface area contributed by atoms with Crippen molar-refractivity contribution in [3.8, 4) is 11.5 Å². The van der Waals surface area contributed by atoms with Gasteiger partial charge in [0.25, 0.3) is 0 Å². The summed E-state index contributed by atoms with van der Waals surface area (Å²) < 4.78 is 16.3. The molecule has 0 N–H and O–H groups in total. The standard InChI is InChI=1S/C19H18O4/c1-11-7-12(2)18-16(8-11)17(19(20)23-18)13-3-5-14(6-4-13)21-9-15-10-22-15/h3-8,15,17H,9-10H2,1-2H3. The summed E-state index contributed by atoms with van der Waals surface area (Å²) in [5.41, 5.74) is 4.01. The molecule has 118 valence electrons. The fourth-order valence-corrected chi connectivity index (χ4v) is 3.05. The van der Waals surface area contributed by atoms with E-state index < -0.39 is 0 Å². The Bertz CT molecular complexity index is 760. The zero-order valence-corrected chi connectivity index (χ0v) is 13.2. The third-order valence-electron chi connectivity index (χ3n) is 4.25. The summed E-state index contributed by atoms with van der Waals surface area (Å²) in [5.74, 6) is 0.922. The fourth-order valence-electron chi connectivity index (χ4n) is 3.05. The predicted molar refractivity (Wildman–Crippen MR) is 85.1 cm³/mol. The van der Waals surface area contributed by atoms with Crippen LogP contribution in [0.15, 0.2) is 36.4 Å². The molecule has 0 saturated carbocycles. The summed E-state index contributed by atoms with van der Waals surface area (Å²) in [6, 6.07) is 11.7. The zero-order valence-electron chi connectivity index (χ0n) is 13.2. The van der Waals surface area contributed by atoms with Gasteiger partial charge in [-0.25, -0.2) is 0 Å². The number of carbonyl (C=O) groups is 1. The number of esters is 1. The van der Waals surface area contributed by atoms with Gasteiger partial charge in [-0.1, -0.05) is 29.8 Å². The molecule has 1 fully saturated rings. The second-order valence-electron chi connectivity index (χ2n) is 6.19. The van der Waals surface area contributed by atoms with E-state index in [1.54, 1.807) is 0 Å². The first-order valence-corrected chi connectivity index (χ1v) is 7.79. The van der Waals surface area contributed by atoms with Gasteiger partial charge in [-0.05, 0) is 37.1 Å². The van der Waals surface area contributed by atoms with Gasteiger partial charge in [-0.2, -0.15) is 0 Å². The minimum absolute atomic E-state index is 0.214. The van der Waals surface area contributed by atoms with Gasteiger partial charge in [0.15, 0.2) is 0 Å². The second-order valence-corrected chi connectivity index (χ2v) is 6.19. The van der Waals surface area contributed by atoms with Crippen molar-refractivity contribution in [2.75, 3.05) is 13.2 Å². The summed E-state index contributed by atoms with van der Waals surface area (Å²) >= 11 is 0. The molecule has 2 aromatic rings. The SMILES string of the molecule is Cc1cc(C)c2c(c1)C(c1ccc(OCC3CO3)cc1)C(=O)O2. The van der Waals surface area contributed by atoms with Crippen LogP contribution in [0.4, 0.5) is 0 Å². The molecule has 4 heteroatoms. The Morgan fingerprint density at radius 2 is 1.91 bits per heavy atom. The molecule has 0 amide bonds. The van der Waals surface area contributed by atoms with E-state index in [1.165, 1.54) is 0 Å². The number of ether oxygens (including phenoxy) is 3. The number of aryl methyl sites for hydroxylation is 2. The lowest BCUT2D eigenvalue weighted by Gasteiger charge is -2.10. The van der Waals surface area contributed by atoms with Crippen LogP contribution in [-0.2, 0) is 9.53 Å². The number of hydrogen-bond acceptors (Lipinski definition) is 4. The van der Waals surface area contributed by atoms with Crippen LogP contribution in [0.2, 0.25) is 0 Å². The van der Waals surface area contributed by atoms with Crippen LogP contribution < -0.4 is 9.47 Å². The maximum absolute atomic E-state index is 12.3. The van der Waals surface area contributed by atoms with Crippen molar-refractivity contribution in [1.82, 2.24) is 0 Å². The average molecular weight is 310 g/mol. The monoisotopic (exact) mass is 310 g/mol. The molecule has 0 spiro atoms. The van der Waals surface area contributed by atoms with Crippen LogP contribution in [-0.4, -0.2) is 25.3 Å². The van der Waals surface area contributed by atoms with E-state index in [0.717, 1.165) is 34.6 Å². The third-order valence-corrected chi connectivity index (χ3v) is 4.25. The summed E-state index contributed by atoms with van der Waals surface area (Å²) in [5, 5.41) is 0. The first kappa shape index (κ1) is 14.3. The molecule has 4 rings (SSSR count). The Kier molecular flexibility index (Phi) is 3.34. The number of benzene rings is 2. The van der Waals surface area contributed by atoms with Crippen LogP contribution in [0, 0.1) is 13.8 Å². The van der Waals surface area contributed by atoms with E-state index in [-0.39, 0.29) is 18.0 Å². The Labute approximate surface area is 135 Å². The van der Waals surface area contributed by atoms with Crippen LogP contribution in [0.1, 0.15) is 28.2 Å². The van der Waals surface area contributed by atoms with Crippen LogP contribution in [0.3, 0.4) is 0 Å². The average Bonchev–Trinajstić information content (AvgIpc) is 3.29. The number of hydrogen-bond donors (Lipinski definition) is 0. The molecule has 2 unspecified atom stereocenters. The van der Waals surface area contributed by atoms with Crippen LogP contribution in [0.5, 0.6) is 11.5 Å². The van der Waals surface area contributed by atoms with E-state index in [4.69, 9.17) is 14.2 Å². The van der Waals surface area contributed by atoms with Gasteiger partial charge in [-0.3, -0.25) is 4.79 Å². The Balaban J connectivity index is 1.61. The first-order valence-electron chi connectivity index (χ1n) is 7.79. The van der Waals surface area contributed by atoms with Gasteiger partial charge in [0.05, 0.1) is 6.61 Å². The van der Waals surface area contributed by atoms with Crippen molar-refractivity contribution < 1.29 is 19.0 Å². The highest BCUT2D eigenvalue weighted by molar-refractivity contribution is 5.90. The summed E-state index contributed by atoms with van der Waals surface area (Å²) in [6.45, 7) is 5.36. The summed E-state index contributed by atoms with van der Waals surface area (Å²) in [7, 11) is 0. The molecule has 2 aliphatic rings. The maximum Gasteiger partial charge on any atom is 0.323 e. The minimum Gasteiger partial charge on any atom is -0.491 e. The molecule has 2 heterocycles. The smallest absolute Gasteiger partial charge is 0.323 e. The molecule has 2 aliphatic heterocycles. The third kappa shape index (κ3) is 2.70. The van der Waals surface area contributed by atoms with Gasteiger partial charge < -0.3 is 14.2 Å². The van der Waals surface area contributed by atoms with E-state index in [0.29, 0.717) is 12.4 Å². The topological polar surface area (TPSA) is 48.1 Å². The van der Waals surface area contributed by atoms with E-state index >= 15 is 0 Å². The molecule has 1 saturated heterocycles. The molecule has 23 heavy (non-hydrogen) atoms. The highest BCUT2D eigenvalue weighted by atomic mass is 16.6. The van der Waals surface area contributed by atoms with Gasteiger partial charge in [0, 0.05) is 5.56 Å². The van der Waals surface area contributed by atoms with E-state index in [9.17, 15) is 4.79 Å². The highest BCUT2D eigenvalue weighted by Crippen LogP contribution is 2.42. The predicted octanol–water partition coefficient (Wildman–Crippen LogP) is 3.13. The van der Waals surface area contributed by atoms with Gasteiger partial charge in [0.2, 0.25) is 0 Å². The lowest BCUT2D eigenvalue weighted by atomic mass is 9.90. The minimum atomic E-state index is -0.357. The largest absolute Gasteiger partial charge is 0.491 e. The van der Waals surface area contributed by atoms with Crippen molar-refractivity contribution in [3.63, 3.8) is 0 Å². The number of rotatable bonds is 4. The van der Waals surface area contributed by atoms with Crippen molar-refractivity contribution in [2.24, 2.45) is 0 Å². The zero-order chi connectivity index (χ0) is 16.0. The van der Waals surface area contributed by atoms with E-state index in [1.807, 2.05) is 50.2 Å². The summed E-state index contributed by atoms with van der Waals surface area (Å²) in [6.07, 6.45) is 0.234. The number of carbonyl (C=O) groups excluding carboxylic acids is 1. The Morgan fingerprint density at radius 1 is 1.17 bits per heavy atom. The van der Waals surface area contributed by atoms with Gasteiger partial charge >= 0.3 is 5.97 Å². The molecule has 4 nitrogen and oxygen atoms in total. The molecular formula is C19H18O4. The Morgan fingerprint density at radius 3 is 2.61 bits per heavy atom. The fraction of sp³-hybridized carbons (Fsp3) is 0.316. The molecule has 2 atom stereocenters. The number of epoxide rings is 1. The molecule has 0 aromatic heterocycles. The Hall–Kier alpha value is -2.33. The lowest BCUT2D eigenvalue weighted by Crippen LogP contribution is -2.11. The normalized spacial score (nSPS) is 21.7. The highest BCUT2D eigenvalue weighted by Gasteiger charge is 2.35. The molecule has 0 aliphatic carbocycles. The van der Waals surface area contributed by atoms with Crippen molar-refractivity contribution >= 4 is 5.97 Å². The van der Waals surface area contributed by atoms with Crippen molar-refractivity contribution in [1.29, 1.82) is 0 Å². The quantitative estimate of drug-likeness (QED) is 0.494. The molecular weight excluding hydrogens is 292 g/mol. The van der Waals surface area contributed by atoms with Crippen molar-refractivity contribution in [2.45, 2.75) is 25.9 Å². The molecule has 0 radical (unpaired) electrons. The van der Waals surface area contributed by atoms with Crippen molar-refractivity contribution in [3.05, 3.63) is 58.7 Å². The van der Waals surface area contributed by atoms with E-state index in [2.05, 4.69) is 0 Å². The lowest BCUT2D eigenvalue weighted by molar-refractivity contribution is -0.133. The molecule has 2 aromatic carbocycles. The van der Waals surface area contributed by atoms with Crippen LogP contribution >= 0.6 is 0 Å². The summed E-state index contributed by atoms with van der Waals surface area (Å²) in [4.78, 5) is 12.3. The van der Waals surface area contributed by atoms with Gasteiger partial charge in [0.1, 0.15) is 30.1 Å². The van der Waals surface area contributed by atoms with Gasteiger partial charge in [-0.15, -0.1) is 0 Å². The second kappa shape index (κ2) is 5.39. The molecule has 0 bridgehead atoms. The number of fused-ring (bicyclic) bond motifs is 1.